The van der Waals surface area contributed by atoms with Crippen molar-refractivity contribution in [2.24, 2.45) is 5.92 Å². The van der Waals surface area contributed by atoms with E-state index in [-0.39, 0.29) is 6.03 Å². The summed E-state index contributed by atoms with van der Waals surface area (Å²) in [6.45, 7) is 12.4. The fourth-order valence-corrected chi connectivity index (χ4v) is 4.02. The average Bonchev–Trinajstić information content (AvgIpc) is 3.11. The summed E-state index contributed by atoms with van der Waals surface area (Å²) in [5.74, 6) is 0.580. The summed E-state index contributed by atoms with van der Waals surface area (Å²) in [7, 11) is 0. The highest BCUT2D eigenvalue weighted by atomic mass is 32.1. The Hall–Kier alpha value is -1.14. The smallest absolute Gasteiger partial charge is 0.314 e. The number of hydrogen-bond acceptors (Lipinski definition) is 4. The van der Waals surface area contributed by atoms with Crippen molar-refractivity contribution in [1.82, 2.24) is 20.5 Å². The van der Waals surface area contributed by atoms with Crippen molar-refractivity contribution in [3.05, 3.63) is 15.6 Å². The third-order valence-electron chi connectivity index (χ3n) is 4.50. The maximum absolute atomic E-state index is 11.9. The van der Waals surface area contributed by atoms with Crippen molar-refractivity contribution in [3.63, 3.8) is 0 Å². The molecule has 2 N–H and O–H groups in total. The molecule has 6 heteroatoms. The van der Waals surface area contributed by atoms with Gasteiger partial charge in [-0.15, -0.1) is 11.3 Å². The molecule has 1 aromatic rings. The van der Waals surface area contributed by atoms with Gasteiger partial charge in [0.05, 0.1) is 10.7 Å². The van der Waals surface area contributed by atoms with Crippen molar-refractivity contribution >= 4 is 17.4 Å². The summed E-state index contributed by atoms with van der Waals surface area (Å²) in [6.07, 6.45) is 2.96. The molecule has 0 unspecified atom stereocenters. The van der Waals surface area contributed by atoms with Gasteiger partial charge in [0, 0.05) is 37.0 Å². The van der Waals surface area contributed by atoms with Gasteiger partial charge in [0.25, 0.3) is 0 Å². The fourth-order valence-electron chi connectivity index (χ4n) is 3.00. The molecule has 0 aliphatic carbocycles. The van der Waals surface area contributed by atoms with E-state index in [0.717, 1.165) is 37.5 Å². The van der Waals surface area contributed by atoms with Gasteiger partial charge >= 0.3 is 6.03 Å². The average molecular weight is 339 g/mol. The van der Waals surface area contributed by atoms with E-state index in [4.69, 9.17) is 0 Å². The molecule has 1 fully saturated rings. The van der Waals surface area contributed by atoms with Gasteiger partial charge < -0.3 is 15.5 Å². The summed E-state index contributed by atoms with van der Waals surface area (Å²) in [5.41, 5.74) is 1.19. The molecule has 2 amide bonds. The molecule has 1 aromatic heterocycles. The molecule has 1 saturated heterocycles. The van der Waals surface area contributed by atoms with Crippen molar-refractivity contribution in [2.75, 3.05) is 26.2 Å². The molecule has 0 aromatic carbocycles. The number of rotatable bonds is 7. The number of aromatic nitrogens is 1. The Bertz CT molecular complexity index is 515. The second kappa shape index (κ2) is 8.64. The molecule has 23 heavy (non-hydrogen) atoms. The Labute approximate surface area is 143 Å². The zero-order chi connectivity index (χ0) is 16.8. The topological polar surface area (TPSA) is 57.3 Å². The summed E-state index contributed by atoms with van der Waals surface area (Å²) in [6, 6.07) is 0.542. The SMILES string of the molecule is CCc1nc(CCNC(=O)NC[C@@H]2CCN(C(C)C)C2)sc1C. The Balaban J connectivity index is 1.62. The van der Waals surface area contributed by atoms with Gasteiger partial charge in [-0.25, -0.2) is 9.78 Å². The van der Waals surface area contributed by atoms with Crippen LogP contribution in [0.5, 0.6) is 0 Å². The molecule has 2 heterocycles. The number of amides is 2. The van der Waals surface area contributed by atoms with Crippen LogP contribution in [-0.2, 0) is 12.8 Å². The molecule has 5 nitrogen and oxygen atoms in total. The number of aryl methyl sites for hydroxylation is 2. The lowest BCUT2D eigenvalue weighted by Crippen LogP contribution is -2.39. The third kappa shape index (κ3) is 5.46. The summed E-state index contributed by atoms with van der Waals surface area (Å²) in [4.78, 5) is 20.2. The predicted molar refractivity (Wildman–Crippen MR) is 96.2 cm³/mol. The highest BCUT2D eigenvalue weighted by Gasteiger charge is 2.24. The van der Waals surface area contributed by atoms with E-state index in [0.29, 0.717) is 18.5 Å². The Morgan fingerprint density at radius 2 is 2.22 bits per heavy atom. The number of carbonyl (C=O) groups is 1. The summed E-state index contributed by atoms with van der Waals surface area (Å²) in [5, 5.41) is 7.06. The molecule has 1 aliphatic rings. The lowest BCUT2D eigenvalue weighted by atomic mass is 10.1. The van der Waals surface area contributed by atoms with Gasteiger partial charge in [-0.2, -0.15) is 0 Å². The first kappa shape index (κ1) is 18.2. The van der Waals surface area contributed by atoms with E-state index in [1.165, 1.54) is 17.0 Å². The van der Waals surface area contributed by atoms with E-state index in [1.807, 2.05) is 0 Å². The van der Waals surface area contributed by atoms with Crippen LogP contribution in [0.15, 0.2) is 0 Å². The van der Waals surface area contributed by atoms with Crippen molar-refractivity contribution in [2.45, 2.75) is 53.0 Å². The summed E-state index contributed by atoms with van der Waals surface area (Å²) >= 11 is 1.74. The zero-order valence-corrected chi connectivity index (χ0v) is 15.6. The second-order valence-electron chi connectivity index (χ2n) is 6.59. The molecule has 0 spiro atoms. The van der Waals surface area contributed by atoms with Crippen LogP contribution in [0.1, 0.15) is 42.8 Å². The number of thiazole rings is 1. The van der Waals surface area contributed by atoms with Crippen LogP contribution < -0.4 is 10.6 Å². The zero-order valence-electron chi connectivity index (χ0n) is 14.8. The molecule has 0 radical (unpaired) electrons. The van der Waals surface area contributed by atoms with E-state index in [1.54, 1.807) is 11.3 Å². The molecule has 2 rings (SSSR count). The number of hydrogen-bond donors (Lipinski definition) is 2. The van der Waals surface area contributed by atoms with Crippen molar-refractivity contribution in [1.29, 1.82) is 0 Å². The molecule has 0 saturated carbocycles. The van der Waals surface area contributed by atoms with Crippen LogP contribution in [0.25, 0.3) is 0 Å². The molecule has 1 atom stereocenters. The van der Waals surface area contributed by atoms with E-state index in [9.17, 15) is 4.79 Å². The Morgan fingerprint density at radius 3 is 2.83 bits per heavy atom. The van der Waals surface area contributed by atoms with E-state index >= 15 is 0 Å². The molecular weight excluding hydrogens is 308 g/mol. The van der Waals surface area contributed by atoms with Crippen molar-refractivity contribution in [3.8, 4) is 0 Å². The minimum absolute atomic E-state index is 0.0583. The van der Waals surface area contributed by atoms with Crippen LogP contribution in [0.2, 0.25) is 0 Å². The number of likely N-dealkylation sites (tertiary alicyclic amines) is 1. The van der Waals surface area contributed by atoms with Gasteiger partial charge in [-0.3, -0.25) is 0 Å². The van der Waals surface area contributed by atoms with Gasteiger partial charge in [0.1, 0.15) is 0 Å². The highest BCUT2D eigenvalue weighted by molar-refractivity contribution is 7.11. The van der Waals surface area contributed by atoms with Crippen LogP contribution in [0.4, 0.5) is 4.79 Å². The maximum Gasteiger partial charge on any atom is 0.314 e. The first-order valence-corrected chi connectivity index (χ1v) is 9.52. The highest BCUT2D eigenvalue weighted by Crippen LogP contribution is 2.18. The van der Waals surface area contributed by atoms with Crippen molar-refractivity contribution < 1.29 is 4.79 Å². The van der Waals surface area contributed by atoms with Gasteiger partial charge in [-0.05, 0) is 46.1 Å². The van der Waals surface area contributed by atoms with Crippen LogP contribution >= 0.6 is 11.3 Å². The first-order chi connectivity index (χ1) is 11.0. The molecule has 0 bridgehead atoms. The lowest BCUT2D eigenvalue weighted by Gasteiger charge is -2.20. The quantitative estimate of drug-likeness (QED) is 0.803. The standard InChI is InChI=1S/C17H30N4OS/c1-5-15-13(4)23-16(20-15)6-8-18-17(22)19-10-14-7-9-21(11-14)12(2)3/h12,14H,5-11H2,1-4H3,(H2,18,19,22)/t14-/m0/s1. The predicted octanol–water partition coefficient (Wildman–Crippen LogP) is 2.59. The summed E-state index contributed by atoms with van der Waals surface area (Å²) < 4.78 is 0. The Kier molecular flexibility index (Phi) is 6.84. The lowest BCUT2D eigenvalue weighted by molar-refractivity contribution is 0.237. The monoisotopic (exact) mass is 338 g/mol. The third-order valence-corrected chi connectivity index (χ3v) is 5.57. The first-order valence-electron chi connectivity index (χ1n) is 8.70. The van der Waals surface area contributed by atoms with Crippen LogP contribution in [0, 0.1) is 12.8 Å². The fraction of sp³-hybridized carbons (Fsp3) is 0.765. The van der Waals surface area contributed by atoms with Crippen LogP contribution in [-0.4, -0.2) is 48.1 Å². The van der Waals surface area contributed by atoms with E-state index in [2.05, 4.69) is 48.2 Å². The van der Waals surface area contributed by atoms with Gasteiger partial charge in [0.15, 0.2) is 0 Å². The normalized spacial score (nSPS) is 18.6. The number of nitrogens with zero attached hydrogens (tertiary/aromatic N) is 2. The Morgan fingerprint density at radius 1 is 1.43 bits per heavy atom. The van der Waals surface area contributed by atoms with E-state index < -0.39 is 0 Å². The largest absolute Gasteiger partial charge is 0.338 e. The maximum atomic E-state index is 11.9. The number of carbonyl (C=O) groups excluding carboxylic acids is 1. The van der Waals surface area contributed by atoms with Crippen LogP contribution in [0.3, 0.4) is 0 Å². The number of urea groups is 1. The van der Waals surface area contributed by atoms with Gasteiger partial charge in [-0.1, -0.05) is 6.92 Å². The molecule has 130 valence electrons. The second-order valence-corrected chi connectivity index (χ2v) is 7.88. The minimum Gasteiger partial charge on any atom is -0.338 e. The minimum atomic E-state index is -0.0583. The molecule has 1 aliphatic heterocycles. The number of nitrogens with one attached hydrogen (secondary N) is 2. The van der Waals surface area contributed by atoms with Gasteiger partial charge in [0.2, 0.25) is 0 Å². The molecular formula is C17H30N4OS.